The van der Waals surface area contributed by atoms with Gasteiger partial charge in [-0.1, -0.05) is 29.8 Å². The van der Waals surface area contributed by atoms with Crippen molar-refractivity contribution >= 4 is 29.1 Å². The predicted octanol–water partition coefficient (Wildman–Crippen LogP) is 4.61. The monoisotopic (exact) mass is 468 g/mol. The zero-order chi connectivity index (χ0) is 23.5. The van der Waals surface area contributed by atoms with Crippen LogP contribution in [0.3, 0.4) is 0 Å². The van der Waals surface area contributed by atoms with Gasteiger partial charge in [0.2, 0.25) is 11.8 Å². The van der Waals surface area contributed by atoms with E-state index in [-0.39, 0.29) is 24.8 Å². The maximum Gasteiger partial charge on any atom is 0.244 e. The van der Waals surface area contributed by atoms with Gasteiger partial charge in [-0.25, -0.2) is 4.39 Å². The van der Waals surface area contributed by atoms with Crippen molar-refractivity contribution in [3.8, 4) is 11.5 Å². The SMILES string of the molecule is COc1ccc(CC(=O)N2CC(=O)Nc3ccc(Cl)cc3C2c2ccc(F)cc2)cc1OC. The van der Waals surface area contributed by atoms with Crippen molar-refractivity contribution in [2.75, 3.05) is 26.1 Å². The number of anilines is 1. The lowest BCUT2D eigenvalue weighted by Crippen LogP contribution is -2.39. The molecule has 33 heavy (non-hydrogen) atoms. The second kappa shape index (κ2) is 9.50. The van der Waals surface area contributed by atoms with Crippen molar-refractivity contribution < 1.29 is 23.5 Å². The summed E-state index contributed by atoms with van der Waals surface area (Å²) in [5, 5.41) is 3.30. The van der Waals surface area contributed by atoms with E-state index >= 15 is 0 Å². The molecule has 1 aliphatic rings. The second-order valence-electron chi connectivity index (χ2n) is 7.62. The van der Waals surface area contributed by atoms with Crippen LogP contribution < -0.4 is 14.8 Å². The van der Waals surface area contributed by atoms with Crippen LogP contribution in [0.25, 0.3) is 0 Å². The van der Waals surface area contributed by atoms with Crippen molar-refractivity contribution in [1.29, 1.82) is 0 Å². The molecule has 1 heterocycles. The number of amides is 2. The number of nitrogens with one attached hydrogen (secondary N) is 1. The quantitative estimate of drug-likeness (QED) is 0.594. The highest BCUT2D eigenvalue weighted by molar-refractivity contribution is 6.30. The molecular weight excluding hydrogens is 447 g/mol. The Morgan fingerprint density at radius 3 is 2.48 bits per heavy atom. The van der Waals surface area contributed by atoms with Crippen LogP contribution in [0.15, 0.2) is 60.7 Å². The molecule has 0 fully saturated rings. The molecule has 0 saturated carbocycles. The van der Waals surface area contributed by atoms with Gasteiger partial charge in [0.25, 0.3) is 0 Å². The number of nitrogens with zero attached hydrogens (tertiary/aromatic N) is 1. The van der Waals surface area contributed by atoms with Gasteiger partial charge in [0.15, 0.2) is 11.5 Å². The number of halogens is 2. The third kappa shape index (κ3) is 4.78. The third-order valence-corrected chi connectivity index (χ3v) is 5.75. The van der Waals surface area contributed by atoms with Crippen molar-refractivity contribution in [2.45, 2.75) is 12.5 Å². The maximum atomic E-state index is 13.6. The fourth-order valence-corrected chi connectivity index (χ4v) is 4.16. The van der Waals surface area contributed by atoms with Crippen LogP contribution in [-0.2, 0) is 16.0 Å². The second-order valence-corrected chi connectivity index (χ2v) is 8.06. The summed E-state index contributed by atoms with van der Waals surface area (Å²) in [7, 11) is 3.06. The molecule has 170 valence electrons. The lowest BCUT2D eigenvalue weighted by atomic mass is 9.95. The summed E-state index contributed by atoms with van der Waals surface area (Å²) in [5.74, 6) is 0.0543. The van der Waals surface area contributed by atoms with Gasteiger partial charge < -0.3 is 19.7 Å². The zero-order valence-corrected chi connectivity index (χ0v) is 18.9. The number of carbonyl (C=O) groups excluding carboxylic acids is 2. The summed E-state index contributed by atoms with van der Waals surface area (Å²) in [6.07, 6.45) is 0.0290. The fourth-order valence-electron chi connectivity index (χ4n) is 3.98. The van der Waals surface area contributed by atoms with E-state index < -0.39 is 11.9 Å². The Morgan fingerprint density at radius 2 is 1.79 bits per heavy atom. The van der Waals surface area contributed by atoms with Gasteiger partial charge in [-0.15, -0.1) is 0 Å². The highest BCUT2D eigenvalue weighted by Crippen LogP contribution is 2.38. The Hall–Kier alpha value is -3.58. The molecule has 1 aliphatic heterocycles. The van der Waals surface area contributed by atoms with Crippen LogP contribution in [0.2, 0.25) is 5.02 Å². The van der Waals surface area contributed by atoms with E-state index in [1.807, 2.05) is 0 Å². The molecule has 1 unspecified atom stereocenters. The Labute approximate surface area is 195 Å². The van der Waals surface area contributed by atoms with Crippen molar-refractivity contribution in [1.82, 2.24) is 4.90 Å². The normalized spacial score (nSPS) is 15.3. The largest absolute Gasteiger partial charge is 0.493 e. The number of hydrogen-bond acceptors (Lipinski definition) is 4. The molecular formula is C25H22ClFN2O4. The first-order valence-electron chi connectivity index (χ1n) is 10.2. The zero-order valence-electron chi connectivity index (χ0n) is 18.1. The molecule has 0 radical (unpaired) electrons. The molecule has 3 aromatic rings. The fraction of sp³-hybridized carbons (Fsp3) is 0.200. The van der Waals surface area contributed by atoms with Gasteiger partial charge >= 0.3 is 0 Å². The van der Waals surface area contributed by atoms with E-state index in [4.69, 9.17) is 21.1 Å². The van der Waals surface area contributed by atoms with E-state index in [1.54, 1.807) is 48.5 Å². The van der Waals surface area contributed by atoms with Gasteiger partial charge in [-0.3, -0.25) is 9.59 Å². The Kier molecular flexibility index (Phi) is 6.51. The van der Waals surface area contributed by atoms with Crippen LogP contribution in [0.4, 0.5) is 10.1 Å². The molecule has 2 amide bonds. The van der Waals surface area contributed by atoms with Gasteiger partial charge in [-0.2, -0.15) is 0 Å². The Bertz CT molecular complexity index is 1200. The number of ether oxygens (including phenoxy) is 2. The lowest BCUT2D eigenvalue weighted by molar-refractivity contribution is -0.135. The van der Waals surface area contributed by atoms with Crippen LogP contribution in [-0.4, -0.2) is 37.5 Å². The minimum Gasteiger partial charge on any atom is -0.493 e. The van der Waals surface area contributed by atoms with E-state index in [0.29, 0.717) is 38.9 Å². The van der Waals surface area contributed by atoms with Gasteiger partial charge in [0.1, 0.15) is 12.4 Å². The molecule has 1 atom stereocenters. The third-order valence-electron chi connectivity index (χ3n) is 5.52. The summed E-state index contributed by atoms with van der Waals surface area (Å²) >= 11 is 6.26. The van der Waals surface area contributed by atoms with Gasteiger partial charge in [0, 0.05) is 16.3 Å². The summed E-state index contributed by atoms with van der Waals surface area (Å²) < 4.78 is 24.2. The number of hydrogen-bond donors (Lipinski definition) is 1. The van der Waals surface area contributed by atoms with Crippen molar-refractivity contribution in [3.05, 3.63) is 88.2 Å². The first-order chi connectivity index (χ1) is 15.9. The van der Waals surface area contributed by atoms with E-state index in [1.165, 1.54) is 31.3 Å². The molecule has 6 nitrogen and oxygen atoms in total. The number of methoxy groups -OCH3 is 2. The van der Waals surface area contributed by atoms with Crippen molar-refractivity contribution in [3.63, 3.8) is 0 Å². The van der Waals surface area contributed by atoms with Crippen LogP contribution in [0.5, 0.6) is 11.5 Å². The highest BCUT2D eigenvalue weighted by Gasteiger charge is 2.33. The van der Waals surface area contributed by atoms with E-state index in [9.17, 15) is 14.0 Å². The number of carbonyl (C=O) groups is 2. The summed E-state index contributed by atoms with van der Waals surface area (Å²) in [5.41, 5.74) is 2.57. The number of fused-ring (bicyclic) bond motifs is 1. The van der Waals surface area contributed by atoms with Crippen molar-refractivity contribution in [2.24, 2.45) is 0 Å². The molecule has 0 bridgehead atoms. The smallest absolute Gasteiger partial charge is 0.244 e. The van der Waals surface area contributed by atoms with Gasteiger partial charge in [-0.05, 0) is 53.6 Å². The summed E-state index contributed by atoms with van der Waals surface area (Å²) in [6.45, 7) is -0.166. The Balaban J connectivity index is 1.76. The molecule has 0 saturated heterocycles. The minimum atomic E-state index is -0.633. The molecule has 0 spiro atoms. The summed E-state index contributed by atoms with van der Waals surface area (Å²) in [6, 6.07) is 15.6. The van der Waals surface area contributed by atoms with Crippen LogP contribution >= 0.6 is 11.6 Å². The molecule has 4 rings (SSSR count). The first-order valence-corrected chi connectivity index (χ1v) is 10.6. The minimum absolute atomic E-state index is 0.0290. The molecule has 0 aromatic heterocycles. The van der Waals surface area contributed by atoms with Gasteiger partial charge in [0.05, 0.1) is 26.7 Å². The lowest BCUT2D eigenvalue weighted by Gasteiger charge is -2.31. The first kappa shape index (κ1) is 22.6. The molecule has 3 aromatic carbocycles. The number of rotatable bonds is 5. The average molecular weight is 469 g/mol. The molecule has 1 N–H and O–H groups in total. The standard InChI is InChI=1S/C25H22ClFN2O4/c1-32-21-10-3-15(11-22(21)33-2)12-24(31)29-14-23(30)28-20-9-6-17(26)13-19(20)25(29)16-4-7-18(27)8-5-16/h3-11,13,25H,12,14H2,1-2H3,(H,28,30). The molecule has 0 aliphatic carbocycles. The maximum absolute atomic E-state index is 13.6. The Morgan fingerprint density at radius 1 is 1.06 bits per heavy atom. The van der Waals surface area contributed by atoms with Crippen LogP contribution in [0.1, 0.15) is 22.7 Å². The number of benzene rings is 3. The van der Waals surface area contributed by atoms with E-state index in [0.717, 1.165) is 0 Å². The summed E-state index contributed by atoms with van der Waals surface area (Å²) in [4.78, 5) is 27.7. The molecule has 8 heteroatoms. The average Bonchev–Trinajstić information content (AvgIpc) is 2.95. The van der Waals surface area contributed by atoms with E-state index in [2.05, 4.69) is 5.32 Å². The highest BCUT2D eigenvalue weighted by atomic mass is 35.5. The predicted molar refractivity (Wildman–Crippen MR) is 123 cm³/mol. The van der Waals surface area contributed by atoms with Crippen LogP contribution in [0, 0.1) is 5.82 Å². The topological polar surface area (TPSA) is 67.9 Å².